The van der Waals surface area contributed by atoms with Crippen LogP contribution in [0.1, 0.15) is 36.9 Å². The molecule has 0 heterocycles. The third kappa shape index (κ3) is 2.66. The first-order valence-electron chi connectivity index (χ1n) is 5.72. The standard InChI is InChI=1S/C14H16BrN/c1-2-3-4-9-16-14-8-5-11-10-12(15)6-7-13(11)14/h6-7,10,14,16H,4-5,8-9H2,1H3. The Morgan fingerprint density at radius 1 is 1.50 bits per heavy atom. The van der Waals surface area contributed by atoms with E-state index in [0.717, 1.165) is 13.0 Å². The van der Waals surface area contributed by atoms with Crippen molar-refractivity contribution in [3.05, 3.63) is 33.8 Å². The summed E-state index contributed by atoms with van der Waals surface area (Å²) in [6.07, 6.45) is 3.34. The molecule has 1 N–H and O–H groups in total. The van der Waals surface area contributed by atoms with Crippen LogP contribution in [0.4, 0.5) is 0 Å². The quantitative estimate of drug-likeness (QED) is 0.659. The zero-order valence-corrected chi connectivity index (χ0v) is 11.1. The molecule has 0 saturated carbocycles. The lowest BCUT2D eigenvalue weighted by Gasteiger charge is -2.12. The van der Waals surface area contributed by atoms with E-state index < -0.39 is 0 Å². The van der Waals surface area contributed by atoms with Crippen molar-refractivity contribution in [3.8, 4) is 11.8 Å². The van der Waals surface area contributed by atoms with Crippen LogP contribution in [0.2, 0.25) is 0 Å². The molecule has 16 heavy (non-hydrogen) atoms. The van der Waals surface area contributed by atoms with Gasteiger partial charge in [0.15, 0.2) is 0 Å². The molecule has 1 unspecified atom stereocenters. The molecule has 1 aromatic carbocycles. The second-order valence-corrected chi connectivity index (χ2v) is 4.98. The molecule has 1 aliphatic rings. The molecule has 2 rings (SSSR count). The van der Waals surface area contributed by atoms with E-state index in [1.54, 1.807) is 0 Å². The molecule has 0 amide bonds. The number of halogens is 1. The minimum absolute atomic E-state index is 0.529. The highest BCUT2D eigenvalue weighted by Gasteiger charge is 2.21. The summed E-state index contributed by atoms with van der Waals surface area (Å²) < 4.78 is 1.18. The SMILES string of the molecule is CC#CCCNC1CCc2cc(Br)ccc21. The first-order valence-corrected chi connectivity index (χ1v) is 6.52. The van der Waals surface area contributed by atoms with Gasteiger partial charge in [0.25, 0.3) is 0 Å². The number of aryl methyl sites for hydroxylation is 1. The maximum atomic E-state index is 3.57. The lowest BCUT2D eigenvalue weighted by molar-refractivity contribution is 0.539. The average molecular weight is 278 g/mol. The number of hydrogen-bond donors (Lipinski definition) is 1. The lowest BCUT2D eigenvalue weighted by atomic mass is 10.1. The fourth-order valence-electron chi connectivity index (χ4n) is 2.23. The summed E-state index contributed by atoms with van der Waals surface area (Å²) >= 11 is 3.52. The van der Waals surface area contributed by atoms with E-state index in [1.165, 1.54) is 28.4 Å². The highest BCUT2D eigenvalue weighted by molar-refractivity contribution is 9.10. The van der Waals surface area contributed by atoms with Crippen molar-refractivity contribution in [2.75, 3.05) is 6.54 Å². The second-order valence-electron chi connectivity index (χ2n) is 4.07. The van der Waals surface area contributed by atoms with Gasteiger partial charge < -0.3 is 5.32 Å². The maximum Gasteiger partial charge on any atom is 0.0326 e. The van der Waals surface area contributed by atoms with Gasteiger partial charge in [-0.3, -0.25) is 0 Å². The zero-order valence-electron chi connectivity index (χ0n) is 9.52. The molecule has 0 saturated heterocycles. The summed E-state index contributed by atoms with van der Waals surface area (Å²) in [5.41, 5.74) is 2.95. The smallest absolute Gasteiger partial charge is 0.0326 e. The van der Waals surface area contributed by atoms with Crippen molar-refractivity contribution in [1.82, 2.24) is 5.32 Å². The Balaban J connectivity index is 1.97. The summed E-state index contributed by atoms with van der Waals surface area (Å²) in [5.74, 6) is 6.01. The van der Waals surface area contributed by atoms with Crippen LogP contribution < -0.4 is 5.32 Å². The number of benzene rings is 1. The van der Waals surface area contributed by atoms with Gasteiger partial charge in [-0.15, -0.1) is 11.8 Å². The zero-order chi connectivity index (χ0) is 11.4. The summed E-state index contributed by atoms with van der Waals surface area (Å²) in [6, 6.07) is 7.13. The van der Waals surface area contributed by atoms with Gasteiger partial charge in [0.05, 0.1) is 0 Å². The molecule has 1 nitrogen and oxygen atoms in total. The first-order chi connectivity index (χ1) is 7.81. The van der Waals surface area contributed by atoms with Gasteiger partial charge in [0.2, 0.25) is 0 Å². The Labute approximate surface area is 106 Å². The van der Waals surface area contributed by atoms with Crippen molar-refractivity contribution >= 4 is 15.9 Å². The van der Waals surface area contributed by atoms with Gasteiger partial charge in [-0.05, 0) is 43.0 Å². The molecular weight excluding hydrogens is 262 g/mol. The summed E-state index contributed by atoms with van der Waals surface area (Å²) in [6.45, 7) is 2.88. The topological polar surface area (TPSA) is 12.0 Å². The summed E-state index contributed by atoms with van der Waals surface area (Å²) in [4.78, 5) is 0. The van der Waals surface area contributed by atoms with E-state index in [4.69, 9.17) is 0 Å². The van der Waals surface area contributed by atoms with E-state index in [2.05, 4.69) is 51.3 Å². The predicted octanol–water partition coefficient (Wildman–Crippen LogP) is 3.44. The van der Waals surface area contributed by atoms with Crippen LogP contribution in [-0.2, 0) is 6.42 Å². The molecule has 0 fully saturated rings. The van der Waals surface area contributed by atoms with Crippen molar-refractivity contribution in [1.29, 1.82) is 0 Å². The summed E-state index contributed by atoms with van der Waals surface area (Å²) in [5, 5.41) is 3.57. The lowest BCUT2D eigenvalue weighted by Crippen LogP contribution is -2.20. The molecule has 1 aliphatic carbocycles. The molecule has 0 spiro atoms. The Kier molecular flexibility index (Phi) is 4.04. The van der Waals surface area contributed by atoms with Crippen LogP contribution in [0.5, 0.6) is 0 Å². The van der Waals surface area contributed by atoms with Crippen LogP contribution in [-0.4, -0.2) is 6.54 Å². The Morgan fingerprint density at radius 2 is 2.38 bits per heavy atom. The van der Waals surface area contributed by atoms with E-state index in [0.29, 0.717) is 6.04 Å². The maximum absolute atomic E-state index is 3.57. The number of nitrogens with one attached hydrogen (secondary N) is 1. The van der Waals surface area contributed by atoms with Gasteiger partial charge in [0, 0.05) is 23.5 Å². The minimum Gasteiger partial charge on any atom is -0.309 e. The van der Waals surface area contributed by atoms with Gasteiger partial charge in [-0.1, -0.05) is 22.0 Å². The van der Waals surface area contributed by atoms with Gasteiger partial charge >= 0.3 is 0 Å². The molecule has 84 valence electrons. The van der Waals surface area contributed by atoms with E-state index in [-0.39, 0.29) is 0 Å². The first kappa shape index (κ1) is 11.7. The molecule has 1 aromatic rings. The highest BCUT2D eigenvalue weighted by Crippen LogP contribution is 2.32. The van der Waals surface area contributed by atoms with Gasteiger partial charge in [-0.2, -0.15) is 0 Å². The van der Waals surface area contributed by atoms with Crippen molar-refractivity contribution < 1.29 is 0 Å². The van der Waals surface area contributed by atoms with Crippen LogP contribution in [0.15, 0.2) is 22.7 Å². The monoisotopic (exact) mass is 277 g/mol. The molecule has 2 heteroatoms. The predicted molar refractivity (Wildman–Crippen MR) is 71.3 cm³/mol. The normalized spacial score (nSPS) is 17.8. The number of hydrogen-bond acceptors (Lipinski definition) is 1. The Hall–Kier alpha value is -0.780. The van der Waals surface area contributed by atoms with Gasteiger partial charge in [-0.25, -0.2) is 0 Å². The molecule has 0 radical (unpaired) electrons. The van der Waals surface area contributed by atoms with E-state index in [1.807, 2.05) is 6.92 Å². The molecule has 0 aromatic heterocycles. The number of fused-ring (bicyclic) bond motifs is 1. The largest absolute Gasteiger partial charge is 0.309 e. The van der Waals surface area contributed by atoms with E-state index >= 15 is 0 Å². The van der Waals surface area contributed by atoms with Crippen LogP contribution in [0.3, 0.4) is 0 Å². The molecule has 0 aliphatic heterocycles. The van der Waals surface area contributed by atoms with Crippen molar-refractivity contribution in [2.24, 2.45) is 0 Å². The second kappa shape index (κ2) is 5.52. The van der Waals surface area contributed by atoms with Crippen molar-refractivity contribution in [2.45, 2.75) is 32.2 Å². The average Bonchev–Trinajstić information content (AvgIpc) is 2.67. The molecule has 1 atom stereocenters. The van der Waals surface area contributed by atoms with E-state index in [9.17, 15) is 0 Å². The minimum atomic E-state index is 0.529. The fraction of sp³-hybridized carbons (Fsp3) is 0.429. The third-order valence-electron chi connectivity index (χ3n) is 3.00. The van der Waals surface area contributed by atoms with Crippen LogP contribution in [0.25, 0.3) is 0 Å². The molecule has 0 bridgehead atoms. The van der Waals surface area contributed by atoms with Crippen molar-refractivity contribution in [3.63, 3.8) is 0 Å². The fourth-order valence-corrected chi connectivity index (χ4v) is 2.64. The number of rotatable bonds is 3. The van der Waals surface area contributed by atoms with Crippen LogP contribution >= 0.6 is 15.9 Å². The third-order valence-corrected chi connectivity index (χ3v) is 3.49. The Bertz CT molecular complexity index is 428. The molecular formula is C14H16BrN. The summed E-state index contributed by atoms with van der Waals surface area (Å²) in [7, 11) is 0. The van der Waals surface area contributed by atoms with Crippen LogP contribution in [0, 0.1) is 11.8 Å². The van der Waals surface area contributed by atoms with Gasteiger partial charge in [0.1, 0.15) is 0 Å². The highest BCUT2D eigenvalue weighted by atomic mass is 79.9. The Morgan fingerprint density at radius 3 is 3.19 bits per heavy atom.